The van der Waals surface area contributed by atoms with Gasteiger partial charge in [0.05, 0.1) is 23.5 Å². The average molecular weight is 417 g/mol. The van der Waals surface area contributed by atoms with Crippen molar-refractivity contribution in [3.05, 3.63) is 87.6 Å². The van der Waals surface area contributed by atoms with Gasteiger partial charge in [-0.2, -0.15) is 5.11 Å². The van der Waals surface area contributed by atoms with E-state index in [-0.39, 0.29) is 11.4 Å². The second-order valence-electron chi connectivity index (χ2n) is 7.85. The molecule has 0 spiro atoms. The largest absolute Gasteiger partial charge is 0.462 e. The highest BCUT2D eigenvalue weighted by Gasteiger charge is 2.30. The molecule has 0 saturated heterocycles. The molecule has 4 rings (SSSR count). The third-order valence-corrected chi connectivity index (χ3v) is 6.20. The Morgan fingerprint density at radius 2 is 1.87 bits per heavy atom. The molecule has 0 N–H and O–H groups in total. The molecule has 0 fully saturated rings. The molecule has 3 aromatic rings. The molecule has 1 aliphatic rings. The van der Waals surface area contributed by atoms with Crippen molar-refractivity contribution in [2.45, 2.75) is 32.6 Å². The standard InChI is InChI=1S/C25H24N2O2S/c1-4-29-24(28)17-10-12-18(13-11-17)26-27-21-8-5-7-20-23(21)19(14-15-25(20,2)3)22-9-6-16-30-22/h5-14,16H,4,15H2,1-3H3. The number of carbonyl (C=O) groups excluding carboxylic acids is 1. The quantitative estimate of drug-likeness (QED) is 0.320. The van der Waals surface area contributed by atoms with E-state index in [4.69, 9.17) is 4.74 Å². The summed E-state index contributed by atoms with van der Waals surface area (Å²) in [6, 6.07) is 17.5. The number of nitrogens with zero attached hydrogens (tertiary/aromatic N) is 2. The van der Waals surface area contributed by atoms with Gasteiger partial charge in [-0.15, -0.1) is 16.5 Å². The fourth-order valence-electron chi connectivity index (χ4n) is 3.69. The third-order valence-electron chi connectivity index (χ3n) is 5.30. The Kier molecular flexibility index (Phi) is 5.64. The van der Waals surface area contributed by atoms with Crippen LogP contribution in [-0.4, -0.2) is 12.6 Å². The van der Waals surface area contributed by atoms with Crippen LogP contribution in [-0.2, 0) is 10.2 Å². The van der Waals surface area contributed by atoms with E-state index in [2.05, 4.69) is 59.8 Å². The van der Waals surface area contributed by atoms with Crippen molar-refractivity contribution in [1.29, 1.82) is 0 Å². The van der Waals surface area contributed by atoms with Crippen molar-refractivity contribution in [2.75, 3.05) is 6.61 Å². The molecule has 0 atom stereocenters. The summed E-state index contributed by atoms with van der Waals surface area (Å²) in [4.78, 5) is 13.1. The van der Waals surface area contributed by atoms with E-state index in [9.17, 15) is 4.79 Å². The predicted octanol–water partition coefficient (Wildman–Crippen LogP) is 7.45. The van der Waals surface area contributed by atoms with Crippen LogP contribution in [0, 0.1) is 0 Å². The molecule has 0 unspecified atom stereocenters. The molecular weight excluding hydrogens is 392 g/mol. The normalized spacial score (nSPS) is 15.0. The minimum atomic E-state index is -0.328. The van der Waals surface area contributed by atoms with E-state index in [1.165, 1.54) is 16.0 Å². The number of thiophene rings is 1. The Morgan fingerprint density at radius 1 is 1.07 bits per heavy atom. The van der Waals surface area contributed by atoms with E-state index in [0.717, 1.165) is 17.7 Å². The molecule has 1 aliphatic carbocycles. The molecule has 4 nitrogen and oxygen atoms in total. The SMILES string of the molecule is CCOC(=O)c1ccc(N=Nc2cccc3c2C(c2cccs2)=CCC3(C)C)cc1. The lowest BCUT2D eigenvalue weighted by Crippen LogP contribution is -2.21. The van der Waals surface area contributed by atoms with Crippen molar-refractivity contribution in [3.63, 3.8) is 0 Å². The van der Waals surface area contributed by atoms with Crippen molar-refractivity contribution < 1.29 is 9.53 Å². The summed E-state index contributed by atoms with van der Waals surface area (Å²) in [5.74, 6) is -0.328. The van der Waals surface area contributed by atoms with Crippen LogP contribution in [0.4, 0.5) is 11.4 Å². The lowest BCUT2D eigenvalue weighted by molar-refractivity contribution is 0.0526. The fourth-order valence-corrected chi connectivity index (χ4v) is 4.46. The van der Waals surface area contributed by atoms with Crippen LogP contribution < -0.4 is 0 Å². The summed E-state index contributed by atoms with van der Waals surface area (Å²) >= 11 is 1.74. The first kappa shape index (κ1) is 20.2. The number of ether oxygens (including phenoxy) is 1. The number of hydrogen-bond acceptors (Lipinski definition) is 5. The maximum Gasteiger partial charge on any atom is 0.338 e. The predicted molar refractivity (Wildman–Crippen MR) is 122 cm³/mol. The summed E-state index contributed by atoms with van der Waals surface area (Å²) in [5, 5.41) is 11.1. The molecule has 1 heterocycles. The van der Waals surface area contributed by atoms with Gasteiger partial charge in [-0.3, -0.25) is 0 Å². The van der Waals surface area contributed by atoms with Crippen LogP contribution in [0.3, 0.4) is 0 Å². The molecule has 0 radical (unpaired) electrons. The van der Waals surface area contributed by atoms with Gasteiger partial charge in [0.2, 0.25) is 0 Å². The smallest absolute Gasteiger partial charge is 0.338 e. The van der Waals surface area contributed by atoms with Gasteiger partial charge in [0.15, 0.2) is 0 Å². The van der Waals surface area contributed by atoms with Crippen LogP contribution in [0.1, 0.15) is 53.6 Å². The van der Waals surface area contributed by atoms with Gasteiger partial charge in [0.25, 0.3) is 0 Å². The van der Waals surface area contributed by atoms with E-state index in [1.807, 2.05) is 6.07 Å². The fraction of sp³-hybridized carbons (Fsp3) is 0.240. The Morgan fingerprint density at radius 3 is 2.57 bits per heavy atom. The first-order chi connectivity index (χ1) is 14.5. The van der Waals surface area contributed by atoms with Crippen LogP contribution >= 0.6 is 11.3 Å². The van der Waals surface area contributed by atoms with E-state index >= 15 is 0 Å². The Bertz CT molecular complexity index is 1110. The number of benzene rings is 2. The van der Waals surface area contributed by atoms with Gasteiger partial charge in [0, 0.05) is 10.4 Å². The molecule has 5 heteroatoms. The highest BCUT2D eigenvalue weighted by Crippen LogP contribution is 2.46. The van der Waals surface area contributed by atoms with Gasteiger partial charge in [-0.05, 0) is 71.7 Å². The van der Waals surface area contributed by atoms with Crippen LogP contribution in [0.25, 0.3) is 5.57 Å². The van der Waals surface area contributed by atoms with E-state index < -0.39 is 0 Å². The molecule has 152 valence electrons. The molecule has 0 amide bonds. The second kappa shape index (κ2) is 8.36. The minimum absolute atomic E-state index is 0.0446. The molecule has 2 aromatic carbocycles. The zero-order chi connectivity index (χ0) is 21.1. The molecule has 30 heavy (non-hydrogen) atoms. The molecule has 0 bridgehead atoms. The zero-order valence-corrected chi connectivity index (χ0v) is 18.2. The highest BCUT2D eigenvalue weighted by molar-refractivity contribution is 7.11. The Labute approximate surface area is 180 Å². The maximum absolute atomic E-state index is 11.8. The zero-order valence-electron chi connectivity index (χ0n) is 17.4. The van der Waals surface area contributed by atoms with Crippen LogP contribution in [0.15, 0.2) is 76.3 Å². The minimum Gasteiger partial charge on any atom is -0.462 e. The maximum atomic E-state index is 11.8. The van der Waals surface area contributed by atoms with Gasteiger partial charge in [-0.25, -0.2) is 4.79 Å². The van der Waals surface area contributed by atoms with Crippen molar-refractivity contribution in [3.8, 4) is 0 Å². The Balaban J connectivity index is 1.70. The number of fused-ring (bicyclic) bond motifs is 1. The molecule has 0 saturated carbocycles. The topological polar surface area (TPSA) is 51.0 Å². The van der Waals surface area contributed by atoms with Crippen LogP contribution in [0.5, 0.6) is 0 Å². The summed E-state index contributed by atoms with van der Waals surface area (Å²) in [7, 11) is 0. The summed E-state index contributed by atoms with van der Waals surface area (Å²) in [5.41, 5.74) is 5.78. The first-order valence-corrected chi connectivity index (χ1v) is 10.9. The van der Waals surface area contributed by atoms with Gasteiger partial charge >= 0.3 is 5.97 Å². The number of hydrogen-bond donors (Lipinski definition) is 0. The third kappa shape index (κ3) is 3.98. The second-order valence-corrected chi connectivity index (χ2v) is 8.80. The number of allylic oxidation sites excluding steroid dienone is 1. The van der Waals surface area contributed by atoms with Crippen molar-refractivity contribution in [2.24, 2.45) is 10.2 Å². The van der Waals surface area contributed by atoms with E-state index in [1.54, 1.807) is 42.5 Å². The number of esters is 1. The van der Waals surface area contributed by atoms with Crippen LogP contribution in [0.2, 0.25) is 0 Å². The number of azo groups is 1. The summed E-state index contributed by atoms with van der Waals surface area (Å²) in [6.07, 6.45) is 3.31. The van der Waals surface area contributed by atoms with Crippen molar-refractivity contribution >= 4 is 34.3 Å². The molecule has 0 aliphatic heterocycles. The average Bonchev–Trinajstić information content (AvgIpc) is 3.27. The van der Waals surface area contributed by atoms with Gasteiger partial charge in [-0.1, -0.05) is 38.1 Å². The molecule has 1 aromatic heterocycles. The lowest BCUT2D eigenvalue weighted by Gasteiger charge is -2.32. The Hall–Kier alpha value is -3.05. The number of rotatable bonds is 5. The van der Waals surface area contributed by atoms with Crippen molar-refractivity contribution in [1.82, 2.24) is 0 Å². The summed E-state index contributed by atoms with van der Waals surface area (Å²) in [6.45, 7) is 6.68. The summed E-state index contributed by atoms with van der Waals surface area (Å²) < 4.78 is 5.03. The monoisotopic (exact) mass is 416 g/mol. The van der Waals surface area contributed by atoms with Gasteiger partial charge < -0.3 is 4.74 Å². The molecular formula is C25H24N2O2S. The first-order valence-electron chi connectivity index (χ1n) is 10.1. The number of carbonyl (C=O) groups is 1. The lowest BCUT2D eigenvalue weighted by atomic mass is 9.72. The van der Waals surface area contributed by atoms with E-state index in [0.29, 0.717) is 17.9 Å². The van der Waals surface area contributed by atoms with Gasteiger partial charge in [0.1, 0.15) is 0 Å². The highest BCUT2D eigenvalue weighted by atomic mass is 32.1.